The van der Waals surface area contributed by atoms with Crippen molar-refractivity contribution in [3.63, 3.8) is 0 Å². The molecule has 5 heteroatoms. The van der Waals surface area contributed by atoms with Gasteiger partial charge in [-0.25, -0.2) is 0 Å². The maximum absolute atomic E-state index is 13.4. The normalized spacial score (nSPS) is 17.2. The van der Waals surface area contributed by atoms with E-state index in [1.807, 2.05) is 6.07 Å². The number of halogens is 2. The first kappa shape index (κ1) is 16.2. The molecule has 0 spiro atoms. The van der Waals surface area contributed by atoms with Gasteiger partial charge >= 0.3 is 30.0 Å². The van der Waals surface area contributed by atoms with Crippen LogP contribution < -0.4 is 0 Å². The second-order valence-electron chi connectivity index (χ2n) is 4.23. The molecule has 2 nitrogen and oxygen atoms in total. The third kappa shape index (κ3) is 5.04. The molecule has 0 aromatic heterocycles. The predicted molar refractivity (Wildman–Crippen MR) is 71.6 cm³/mol. The van der Waals surface area contributed by atoms with Gasteiger partial charge in [-0.2, -0.15) is 18.2 Å². The first-order valence-electron chi connectivity index (χ1n) is 6.15. The Bertz CT molecular complexity index is 344. The Balaban J connectivity index is 0.000000771. The van der Waals surface area contributed by atoms with Gasteiger partial charge in [-0.3, -0.25) is 9.29 Å². The molecular formula is C13H18BrFN2Zn. The van der Waals surface area contributed by atoms with Gasteiger partial charge in [0.1, 0.15) is 0 Å². The van der Waals surface area contributed by atoms with Crippen molar-refractivity contribution < 1.29 is 20.7 Å². The van der Waals surface area contributed by atoms with Crippen molar-refractivity contribution in [2.45, 2.75) is 13.5 Å². The van der Waals surface area contributed by atoms with E-state index in [2.05, 4.69) is 36.4 Å². The van der Waals surface area contributed by atoms with Crippen LogP contribution in [-0.2, 0) is 22.9 Å². The fourth-order valence-electron chi connectivity index (χ4n) is 2.08. The van der Waals surface area contributed by atoms with E-state index in [1.54, 1.807) is 6.07 Å². The first-order valence-corrected chi connectivity index (χ1v) is 13.1. The van der Waals surface area contributed by atoms with Crippen molar-refractivity contribution in [2.75, 3.05) is 32.7 Å². The van der Waals surface area contributed by atoms with E-state index in [1.165, 1.54) is 22.4 Å². The Morgan fingerprint density at radius 3 is 2.44 bits per heavy atom. The Hall–Kier alpha value is 0.173. The molecule has 0 saturated carbocycles. The average molecular weight is 367 g/mol. The number of benzene rings is 1. The summed E-state index contributed by atoms with van der Waals surface area (Å²) >= 11 is 4.25. The number of hydrogen-bond acceptors (Lipinski definition) is 2. The summed E-state index contributed by atoms with van der Waals surface area (Å²) in [6, 6.07) is 7.77. The van der Waals surface area contributed by atoms with Crippen LogP contribution in [0.5, 0.6) is 0 Å². The van der Waals surface area contributed by atoms with Crippen LogP contribution in [0.1, 0.15) is 12.5 Å². The molecule has 0 radical (unpaired) electrons. The summed E-state index contributed by atoms with van der Waals surface area (Å²) in [7, 11) is 0. The second-order valence-corrected chi connectivity index (χ2v) is 4.23. The van der Waals surface area contributed by atoms with Gasteiger partial charge in [-0.15, -0.1) is 11.6 Å². The molecule has 0 aliphatic carbocycles. The summed E-state index contributed by atoms with van der Waals surface area (Å²) in [5, 5.41) is 0. The van der Waals surface area contributed by atoms with Crippen LogP contribution in [0.2, 0.25) is 0 Å². The number of rotatable bonds is 3. The molecule has 1 aliphatic rings. The van der Waals surface area contributed by atoms with Crippen LogP contribution in [0.3, 0.4) is 0 Å². The number of piperazine rings is 1. The Kier molecular flexibility index (Phi) is 8.24. The van der Waals surface area contributed by atoms with E-state index in [9.17, 15) is 4.39 Å². The maximum atomic E-state index is 13.4. The third-order valence-corrected chi connectivity index (χ3v) is 3.20. The van der Waals surface area contributed by atoms with Gasteiger partial charge in [0.2, 0.25) is 0 Å². The van der Waals surface area contributed by atoms with Gasteiger partial charge in [-0.05, 0) is 6.54 Å². The summed E-state index contributed by atoms with van der Waals surface area (Å²) in [5.74, 6) is -0.138. The number of hydrogen-bond donors (Lipinski definition) is 0. The van der Waals surface area contributed by atoms with Crippen LogP contribution in [0.15, 0.2) is 18.2 Å². The molecular weight excluding hydrogens is 348 g/mol. The van der Waals surface area contributed by atoms with E-state index >= 15 is 0 Å². The molecule has 0 atom stereocenters. The van der Waals surface area contributed by atoms with E-state index in [4.69, 9.17) is 0 Å². The minimum atomic E-state index is -0.138. The molecule has 1 fully saturated rings. The summed E-state index contributed by atoms with van der Waals surface area (Å²) in [6.45, 7) is 8.27. The minimum absolute atomic E-state index is 0.138. The van der Waals surface area contributed by atoms with E-state index < -0.39 is 0 Å². The van der Waals surface area contributed by atoms with Crippen LogP contribution >= 0.6 is 13.6 Å². The molecule has 0 bridgehead atoms. The molecule has 0 amide bonds. The topological polar surface area (TPSA) is 6.48 Å². The SMILES string of the molecule is CCN1CCN(Cc2cc[c-]cc2F)CC1.[Zn+][Br]. The summed E-state index contributed by atoms with van der Waals surface area (Å²) in [4.78, 5) is 4.73. The van der Waals surface area contributed by atoms with E-state index in [-0.39, 0.29) is 5.82 Å². The standard InChI is InChI=1S/C13H18FN2.BrH.Zn/c1-2-15-7-9-16(10-8-15)11-12-5-3-4-6-13(12)14;;/h3,5-6H,2,7-11H2,1H3;1H;/q-1;;+2/p-1. The van der Waals surface area contributed by atoms with Crippen molar-refractivity contribution in [1.29, 1.82) is 0 Å². The number of nitrogens with zero attached hydrogens (tertiary/aromatic N) is 2. The summed E-state index contributed by atoms with van der Waals surface area (Å²) < 4.78 is 13.4. The summed E-state index contributed by atoms with van der Waals surface area (Å²) in [6.07, 6.45) is 0. The number of likely N-dealkylation sites (N-methyl/N-ethyl adjacent to an activating group) is 1. The zero-order valence-corrected chi connectivity index (χ0v) is 15.4. The van der Waals surface area contributed by atoms with Crippen LogP contribution in [0, 0.1) is 11.9 Å². The molecule has 2 rings (SSSR count). The van der Waals surface area contributed by atoms with Crippen molar-refractivity contribution in [2.24, 2.45) is 0 Å². The third-order valence-electron chi connectivity index (χ3n) is 3.20. The molecule has 1 aliphatic heterocycles. The molecule has 96 valence electrons. The molecule has 0 N–H and O–H groups in total. The van der Waals surface area contributed by atoms with Gasteiger partial charge in [0.15, 0.2) is 0 Å². The van der Waals surface area contributed by atoms with Gasteiger partial charge in [0, 0.05) is 38.5 Å². The molecule has 1 saturated heterocycles. The summed E-state index contributed by atoms with van der Waals surface area (Å²) in [5.41, 5.74) is 0.781. The monoisotopic (exact) mass is 364 g/mol. The molecule has 1 aromatic carbocycles. The fourth-order valence-corrected chi connectivity index (χ4v) is 2.08. The van der Waals surface area contributed by atoms with E-state index in [0.717, 1.165) is 44.8 Å². The zero-order valence-electron chi connectivity index (χ0n) is 10.8. The fraction of sp³-hybridized carbons (Fsp3) is 0.538. The van der Waals surface area contributed by atoms with Gasteiger partial charge in [-0.1, -0.05) is 6.92 Å². The van der Waals surface area contributed by atoms with Crippen LogP contribution in [0.4, 0.5) is 4.39 Å². The van der Waals surface area contributed by atoms with E-state index in [0.29, 0.717) is 0 Å². The first-order chi connectivity index (χ1) is 8.79. The molecule has 1 heterocycles. The Morgan fingerprint density at radius 2 is 1.89 bits per heavy atom. The van der Waals surface area contributed by atoms with Gasteiger partial charge in [0.05, 0.1) is 0 Å². The molecule has 1 aromatic rings. The van der Waals surface area contributed by atoms with Crippen molar-refractivity contribution in [1.82, 2.24) is 9.80 Å². The van der Waals surface area contributed by atoms with Crippen LogP contribution in [-0.4, -0.2) is 42.5 Å². The molecule has 18 heavy (non-hydrogen) atoms. The average Bonchev–Trinajstić information content (AvgIpc) is 2.44. The Morgan fingerprint density at radius 1 is 1.28 bits per heavy atom. The van der Waals surface area contributed by atoms with Crippen molar-refractivity contribution in [3.8, 4) is 0 Å². The zero-order chi connectivity index (χ0) is 13.4. The van der Waals surface area contributed by atoms with Gasteiger partial charge < -0.3 is 4.90 Å². The predicted octanol–water partition coefficient (Wildman–Crippen LogP) is 2.61. The van der Waals surface area contributed by atoms with Crippen molar-refractivity contribution >= 4 is 13.6 Å². The van der Waals surface area contributed by atoms with Crippen LogP contribution in [0.25, 0.3) is 0 Å². The van der Waals surface area contributed by atoms with Crippen molar-refractivity contribution in [3.05, 3.63) is 35.6 Å². The van der Waals surface area contributed by atoms with Gasteiger partial charge in [0.25, 0.3) is 0 Å². The Labute approximate surface area is 126 Å². The molecule has 0 unspecified atom stereocenters. The second kappa shape index (κ2) is 9.14. The quantitative estimate of drug-likeness (QED) is 0.599.